The van der Waals surface area contributed by atoms with Crippen LogP contribution >= 0.6 is 0 Å². The van der Waals surface area contributed by atoms with Gasteiger partial charge in [0.15, 0.2) is 6.61 Å². The average Bonchev–Trinajstić information content (AvgIpc) is 3.09. The van der Waals surface area contributed by atoms with E-state index < -0.39 is 0 Å². The molecule has 0 N–H and O–H groups in total. The molecular formula is C20H21NO4. The van der Waals surface area contributed by atoms with Crippen molar-refractivity contribution < 1.29 is 18.7 Å². The summed E-state index contributed by atoms with van der Waals surface area (Å²) in [7, 11) is 3.34. The van der Waals surface area contributed by atoms with E-state index >= 15 is 0 Å². The Bertz CT molecular complexity index is 838. The summed E-state index contributed by atoms with van der Waals surface area (Å²) < 4.78 is 16.6. The summed E-state index contributed by atoms with van der Waals surface area (Å²) >= 11 is 0. The summed E-state index contributed by atoms with van der Waals surface area (Å²) in [5.41, 5.74) is 0.817. The van der Waals surface area contributed by atoms with Crippen LogP contribution in [0.1, 0.15) is 18.7 Å². The number of methoxy groups -OCH3 is 1. The fourth-order valence-corrected chi connectivity index (χ4v) is 2.55. The van der Waals surface area contributed by atoms with Crippen LogP contribution < -0.4 is 9.47 Å². The number of furan rings is 1. The maximum absolute atomic E-state index is 12.4. The zero-order chi connectivity index (χ0) is 17.8. The van der Waals surface area contributed by atoms with Gasteiger partial charge in [-0.3, -0.25) is 4.79 Å². The van der Waals surface area contributed by atoms with Crippen molar-refractivity contribution in [1.82, 2.24) is 4.90 Å². The third-order valence-corrected chi connectivity index (χ3v) is 4.23. The van der Waals surface area contributed by atoms with Crippen LogP contribution in [0.5, 0.6) is 11.5 Å². The summed E-state index contributed by atoms with van der Waals surface area (Å²) in [5, 5.41) is 1.03. The second-order valence-electron chi connectivity index (χ2n) is 5.83. The Morgan fingerprint density at radius 2 is 1.88 bits per heavy atom. The molecule has 0 saturated carbocycles. The number of carbonyl (C=O) groups is 1. The van der Waals surface area contributed by atoms with Crippen molar-refractivity contribution in [3.8, 4) is 11.5 Å². The second-order valence-corrected chi connectivity index (χ2v) is 5.83. The number of likely N-dealkylation sites (N-methyl/N-ethyl adjacent to an activating group) is 1. The third-order valence-electron chi connectivity index (χ3n) is 4.23. The van der Waals surface area contributed by atoms with Gasteiger partial charge in [-0.1, -0.05) is 24.3 Å². The van der Waals surface area contributed by atoms with Crippen LogP contribution in [0.4, 0.5) is 0 Å². The Hall–Kier alpha value is -2.95. The van der Waals surface area contributed by atoms with Crippen molar-refractivity contribution >= 4 is 16.9 Å². The van der Waals surface area contributed by atoms with Crippen molar-refractivity contribution in [1.29, 1.82) is 0 Å². The van der Waals surface area contributed by atoms with Gasteiger partial charge in [-0.15, -0.1) is 0 Å². The van der Waals surface area contributed by atoms with Crippen molar-refractivity contribution in [3.63, 3.8) is 0 Å². The van der Waals surface area contributed by atoms with Crippen LogP contribution in [0.2, 0.25) is 0 Å². The Morgan fingerprint density at radius 3 is 2.64 bits per heavy atom. The quantitative estimate of drug-likeness (QED) is 0.680. The molecule has 1 atom stereocenters. The molecule has 0 radical (unpaired) electrons. The Balaban J connectivity index is 1.64. The Morgan fingerprint density at radius 1 is 1.12 bits per heavy atom. The fraction of sp³-hybridized carbons (Fsp3) is 0.250. The summed E-state index contributed by atoms with van der Waals surface area (Å²) in [6.45, 7) is 1.88. The number of fused-ring (bicyclic) bond motifs is 1. The normalized spacial score (nSPS) is 12.0. The molecule has 3 rings (SSSR count). The highest BCUT2D eigenvalue weighted by Crippen LogP contribution is 2.27. The second kappa shape index (κ2) is 7.30. The number of para-hydroxylation sites is 1. The molecular weight excluding hydrogens is 318 g/mol. The molecule has 25 heavy (non-hydrogen) atoms. The van der Waals surface area contributed by atoms with E-state index in [0.29, 0.717) is 11.5 Å². The summed E-state index contributed by atoms with van der Waals surface area (Å²) in [6, 6.07) is 16.8. The van der Waals surface area contributed by atoms with E-state index in [-0.39, 0.29) is 18.6 Å². The molecule has 3 aromatic rings. The molecule has 1 amide bonds. The molecule has 130 valence electrons. The van der Waals surface area contributed by atoms with E-state index in [2.05, 4.69) is 0 Å². The first-order valence-corrected chi connectivity index (χ1v) is 8.09. The van der Waals surface area contributed by atoms with E-state index in [9.17, 15) is 4.79 Å². The molecule has 1 unspecified atom stereocenters. The van der Waals surface area contributed by atoms with E-state index in [4.69, 9.17) is 13.9 Å². The number of hydrogen-bond donors (Lipinski definition) is 0. The maximum Gasteiger partial charge on any atom is 0.260 e. The number of rotatable bonds is 6. The van der Waals surface area contributed by atoms with Gasteiger partial charge in [-0.25, -0.2) is 0 Å². The highest BCUT2D eigenvalue weighted by Gasteiger charge is 2.21. The fourth-order valence-electron chi connectivity index (χ4n) is 2.55. The van der Waals surface area contributed by atoms with Gasteiger partial charge < -0.3 is 18.8 Å². The molecule has 0 aliphatic carbocycles. The Labute approximate surface area is 146 Å². The lowest BCUT2D eigenvalue weighted by molar-refractivity contribution is -0.134. The number of benzene rings is 2. The minimum Gasteiger partial charge on any atom is -0.497 e. The minimum absolute atomic E-state index is 0.0474. The number of ether oxygens (including phenoxy) is 2. The lowest BCUT2D eigenvalue weighted by Crippen LogP contribution is -2.33. The average molecular weight is 339 g/mol. The molecule has 0 bridgehead atoms. The minimum atomic E-state index is -0.186. The maximum atomic E-state index is 12.4. The number of amides is 1. The van der Waals surface area contributed by atoms with Crippen molar-refractivity contribution in [2.75, 3.05) is 20.8 Å². The zero-order valence-corrected chi connectivity index (χ0v) is 14.6. The van der Waals surface area contributed by atoms with Crippen LogP contribution in [-0.2, 0) is 4.79 Å². The monoisotopic (exact) mass is 339 g/mol. The van der Waals surface area contributed by atoms with Gasteiger partial charge >= 0.3 is 0 Å². The first-order valence-electron chi connectivity index (χ1n) is 8.09. The van der Waals surface area contributed by atoms with Gasteiger partial charge in [-0.2, -0.15) is 0 Å². The molecule has 0 fully saturated rings. The van der Waals surface area contributed by atoms with Gasteiger partial charge in [0.2, 0.25) is 0 Å². The lowest BCUT2D eigenvalue weighted by atomic mass is 10.2. The predicted molar refractivity (Wildman–Crippen MR) is 95.9 cm³/mol. The smallest absolute Gasteiger partial charge is 0.260 e. The van der Waals surface area contributed by atoms with Gasteiger partial charge in [0.05, 0.1) is 13.2 Å². The van der Waals surface area contributed by atoms with Gasteiger partial charge in [0.25, 0.3) is 5.91 Å². The number of hydrogen-bond acceptors (Lipinski definition) is 4. The highest BCUT2D eigenvalue weighted by molar-refractivity contribution is 5.79. The van der Waals surface area contributed by atoms with E-state index in [1.54, 1.807) is 31.2 Å². The third kappa shape index (κ3) is 3.76. The molecule has 1 aromatic heterocycles. The summed E-state index contributed by atoms with van der Waals surface area (Å²) in [4.78, 5) is 14.1. The first-order chi connectivity index (χ1) is 12.1. The summed E-state index contributed by atoms with van der Waals surface area (Å²) in [5.74, 6) is 1.90. The van der Waals surface area contributed by atoms with E-state index in [1.165, 1.54) is 0 Å². The lowest BCUT2D eigenvalue weighted by Gasteiger charge is -2.23. The standard InChI is InChI=1S/C20H21NO4/c1-14(19-11-15-7-4-5-10-18(15)25-19)21(2)20(22)13-24-17-9-6-8-16(12-17)23-3/h4-12,14H,13H2,1-3H3. The molecule has 0 spiro atoms. The molecule has 0 aliphatic heterocycles. The van der Waals surface area contributed by atoms with Crippen LogP contribution in [0, 0.1) is 0 Å². The van der Waals surface area contributed by atoms with Crippen LogP contribution in [0.15, 0.2) is 59.0 Å². The first kappa shape index (κ1) is 16.9. The highest BCUT2D eigenvalue weighted by atomic mass is 16.5. The van der Waals surface area contributed by atoms with Crippen molar-refractivity contribution in [2.45, 2.75) is 13.0 Å². The molecule has 0 aliphatic rings. The molecule has 0 saturated heterocycles. The molecule has 1 heterocycles. The summed E-state index contributed by atoms with van der Waals surface area (Å²) in [6.07, 6.45) is 0. The SMILES string of the molecule is COc1cccc(OCC(=O)N(C)C(C)c2cc3ccccc3o2)c1. The molecule has 5 heteroatoms. The van der Waals surface area contributed by atoms with E-state index in [0.717, 1.165) is 16.7 Å². The number of carbonyl (C=O) groups excluding carboxylic acids is 1. The Kier molecular flexibility index (Phi) is 4.93. The molecule has 5 nitrogen and oxygen atoms in total. The molecule has 2 aromatic carbocycles. The largest absolute Gasteiger partial charge is 0.497 e. The van der Waals surface area contributed by atoms with E-state index in [1.807, 2.05) is 49.4 Å². The van der Waals surface area contributed by atoms with Crippen LogP contribution in [-0.4, -0.2) is 31.6 Å². The van der Waals surface area contributed by atoms with Crippen molar-refractivity contribution in [2.24, 2.45) is 0 Å². The van der Waals surface area contributed by atoms with Gasteiger partial charge in [0, 0.05) is 18.5 Å². The van der Waals surface area contributed by atoms with Gasteiger partial charge in [-0.05, 0) is 31.2 Å². The van der Waals surface area contributed by atoms with Crippen LogP contribution in [0.25, 0.3) is 11.0 Å². The predicted octanol–water partition coefficient (Wildman–Crippen LogP) is 4.04. The van der Waals surface area contributed by atoms with Crippen molar-refractivity contribution in [3.05, 3.63) is 60.4 Å². The number of nitrogens with zero attached hydrogens (tertiary/aromatic N) is 1. The van der Waals surface area contributed by atoms with Gasteiger partial charge in [0.1, 0.15) is 22.8 Å². The zero-order valence-electron chi connectivity index (χ0n) is 14.6. The topological polar surface area (TPSA) is 51.9 Å². The van der Waals surface area contributed by atoms with Crippen LogP contribution in [0.3, 0.4) is 0 Å².